The highest BCUT2D eigenvalue weighted by Crippen LogP contribution is 2.23. The molecule has 0 saturated carbocycles. The van der Waals surface area contributed by atoms with Gasteiger partial charge in [-0.25, -0.2) is 4.68 Å². The molecule has 0 aliphatic carbocycles. The predicted octanol–water partition coefficient (Wildman–Crippen LogP) is 3.57. The topological polar surface area (TPSA) is 67.2 Å². The molecule has 0 saturated heterocycles. The summed E-state index contributed by atoms with van der Waals surface area (Å²) in [5.41, 5.74) is 3.81. The van der Waals surface area contributed by atoms with Crippen molar-refractivity contribution in [1.82, 2.24) is 9.78 Å². The molecule has 136 valence electrons. The Morgan fingerprint density at radius 2 is 1.63 bits per heavy atom. The van der Waals surface area contributed by atoms with Gasteiger partial charge in [0.05, 0.1) is 24.1 Å². The van der Waals surface area contributed by atoms with Gasteiger partial charge in [-0.1, -0.05) is 54.6 Å². The summed E-state index contributed by atoms with van der Waals surface area (Å²) >= 11 is 0. The van der Waals surface area contributed by atoms with Gasteiger partial charge in [-0.05, 0) is 29.3 Å². The van der Waals surface area contributed by atoms with E-state index in [0.717, 1.165) is 28.0 Å². The Morgan fingerprint density at radius 1 is 0.889 bits per heavy atom. The van der Waals surface area contributed by atoms with Crippen LogP contribution in [0.2, 0.25) is 0 Å². The van der Waals surface area contributed by atoms with Crippen LogP contribution in [0.25, 0.3) is 22.0 Å². The Labute approximate surface area is 156 Å². The van der Waals surface area contributed by atoms with Gasteiger partial charge in [0, 0.05) is 5.56 Å². The van der Waals surface area contributed by atoms with Crippen LogP contribution in [0, 0.1) is 0 Å². The summed E-state index contributed by atoms with van der Waals surface area (Å²) in [6, 6.07) is 23.7. The number of ether oxygens (including phenoxy) is 1. The van der Waals surface area contributed by atoms with Crippen LogP contribution in [0.1, 0.15) is 5.56 Å². The quantitative estimate of drug-likeness (QED) is 0.552. The number of nitrogens with one attached hydrogen (secondary N) is 1. The molecule has 0 atom stereocenters. The third-order valence-electron chi connectivity index (χ3n) is 4.55. The summed E-state index contributed by atoms with van der Waals surface area (Å²) in [5, 5.41) is 12.8. The van der Waals surface area contributed by atoms with Crippen LogP contribution < -0.4 is 10.3 Å². The summed E-state index contributed by atoms with van der Waals surface area (Å²) in [5.74, 6) is 0.767. The maximum Gasteiger partial charge on any atom is 0.274 e. The van der Waals surface area contributed by atoms with Crippen LogP contribution in [0.15, 0.2) is 77.6 Å². The zero-order valence-corrected chi connectivity index (χ0v) is 14.8. The number of nitrogens with zero attached hydrogens (tertiary/aromatic N) is 1. The number of benzene rings is 3. The molecule has 5 nitrogen and oxygen atoms in total. The van der Waals surface area contributed by atoms with Crippen LogP contribution >= 0.6 is 0 Å². The van der Waals surface area contributed by atoms with Crippen molar-refractivity contribution in [3.63, 3.8) is 0 Å². The highest BCUT2D eigenvalue weighted by Gasteiger charge is 2.10. The van der Waals surface area contributed by atoms with Gasteiger partial charge < -0.3 is 9.84 Å². The Balaban J connectivity index is 1.53. The molecule has 4 aromatic rings. The molecule has 1 aromatic heterocycles. The van der Waals surface area contributed by atoms with Crippen LogP contribution in [-0.4, -0.2) is 21.5 Å². The number of fused-ring (bicyclic) bond motifs is 1. The standard InChI is InChI=1S/C22H20N2O3/c25-14-13-24-22(26)20-8-4-7-18(21(20)23-24)15-27-19-11-9-17(10-12-19)16-5-2-1-3-6-16/h1-12,23,25H,13-15H2. The Hall–Kier alpha value is -3.31. The van der Waals surface area contributed by atoms with E-state index >= 15 is 0 Å². The summed E-state index contributed by atoms with van der Waals surface area (Å²) in [6.45, 7) is 0.502. The van der Waals surface area contributed by atoms with Crippen LogP contribution in [0.4, 0.5) is 0 Å². The van der Waals surface area contributed by atoms with Gasteiger partial charge in [0.2, 0.25) is 0 Å². The lowest BCUT2D eigenvalue weighted by Gasteiger charge is -2.08. The summed E-state index contributed by atoms with van der Waals surface area (Å²) < 4.78 is 7.34. The lowest BCUT2D eigenvalue weighted by molar-refractivity contribution is 0.268. The molecule has 27 heavy (non-hydrogen) atoms. The summed E-state index contributed by atoms with van der Waals surface area (Å²) in [4.78, 5) is 12.3. The minimum Gasteiger partial charge on any atom is -0.489 e. The van der Waals surface area contributed by atoms with Crippen LogP contribution in [0.5, 0.6) is 5.75 Å². The van der Waals surface area contributed by atoms with E-state index in [0.29, 0.717) is 12.0 Å². The largest absolute Gasteiger partial charge is 0.489 e. The van der Waals surface area contributed by atoms with Crippen molar-refractivity contribution in [3.05, 3.63) is 88.7 Å². The predicted molar refractivity (Wildman–Crippen MR) is 106 cm³/mol. The maximum atomic E-state index is 12.3. The number of rotatable bonds is 6. The molecular formula is C22H20N2O3. The number of H-pyrrole nitrogens is 1. The summed E-state index contributed by atoms with van der Waals surface area (Å²) in [7, 11) is 0. The fourth-order valence-corrected chi connectivity index (χ4v) is 3.15. The number of aliphatic hydroxyl groups is 1. The first-order valence-electron chi connectivity index (χ1n) is 8.86. The van der Waals surface area contributed by atoms with E-state index in [1.165, 1.54) is 4.68 Å². The molecule has 1 heterocycles. The van der Waals surface area contributed by atoms with E-state index in [4.69, 9.17) is 9.84 Å². The summed E-state index contributed by atoms with van der Waals surface area (Å²) in [6.07, 6.45) is 0. The smallest absolute Gasteiger partial charge is 0.274 e. The average molecular weight is 360 g/mol. The minimum atomic E-state index is -0.131. The molecule has 0 radical (unpaired) electrons. The van der Waals surface area contributed by atoms with Gasteiger partial charge in [-0.2, -0.15) is 0 Å². The first-order chi connectivity index (χ1) is 13.3. The second-order valence-corrected chi connectivity index (χ2v) is 6.31. The molecule has 0 bridgehead atoms. The molecule has 0 unspecified atom stereocenters. The maximum absolute atomic E-state index is 12.3. The molecule has 3 aromatic carbocycles. The Kier molecular flexibility index (Phi) is 4.77. The third kappa shape index (κ3) is 3.50. The number of aromatic amines is 1. The van der Waals surface area contributed by atoms with Crippen molar-refractivity contribution < 1.29 is 9.84 Å². The van der Waals surface area contributed by atoms with Gasteiger partial charge in [-0.3, -0.25) is 9.89 Å². The number of aromatic nitrogens is 2. The van der Waals surface area contributed by atoms with E-state index in [1.807, 2.05) is 54.6 Å². The zero-order chi connectivity index (χ0) is 18.6. The normalized spacial score (nSPS) is 11.0. The van der Waals surface area contributed by atoms with E-state index in [2.05, 4.69) is 17.2 Å². The third-order valence-corrected chi connectivity index (χ3v) is 4.55. The molecule has 0 amide bonds. The Bertz CT molecular complexity index is 1100. The van der Waals surface area contributed by atoms with Crippen molar-refractivity contribution in [2.75, 3.05) is 6.61 Å². The van der Waals surface area contributed by atoms with Gasteiger partial charge in [0.25, 0.3) is 5.56 Å². The van der Waals surface area contributed by atoms with Crippen LogP contribution in [-0.2, 0) is 13.2 Å². The number of aliphatic hydroxyl groups excluding tert-OH is 1. The van der Waals surface area contributed by atoms with Gasteiger partial charge in [-0.15, -0.1) is 0 Å². The first kappa shape index (κ1) is 17.1. The van der Waals surface area contributed by atoms with Crippen molar-refractivity contribution >= 4 is 10.9 Å². The molecule has 0 aliphatic heterocycles. The fourth-order valence-electron chi connectivity index (χ4n) is 3.15. The molecule has 2 N–H and O–H groups in total. The van der Waals surface area contributed by atoms with Crippen molar-refractivity contribution in [2.24, 2.45) is 0 Å². The average Bonchev–Trinajstić information content (AvgIpc) is 3.04. The van der Waals surface area contributed by atoms with Crippen molar-refractivity contribution in [2.45, 2.75) is 13.2 Å². The van der Waals surface area contributed by atoms with E-state index < -0.39 is 0 Å². The second kappa shape index (κ2) is 7.51. The highest BCUT2D eigenvalue weighted by molar-refractivity contribution is 5.81. The zero-order valence-electron chi connectivity index (χ0n) is 14.8. The molecule has 0 fully saturated rings. The van der Waals surface area contributed by atoms with Gasteiger partial charge in [0.15, 0.2) is 0 Å². The number of hydrogen-bond acceptors (Lipinski definition) is 3. The fraction of sp³-hybridized carbons (Fsp3) is 0.136. The van der Waals surface area contributed by atoms with Gasteiger partial charge >= 0.3 is 0 Å². The van der Waals surface area contributed by atoms with E-state index in [-0.39, 0.29) is 18.7 Å². The minimum absolute atomic E-state index is 0.0909. The first-order valence-corrected chi connectivity index (χ1v) is 8.86. The molecule has 4 rings (SSSR count). The van der Waals surface area contributed by atoms with Crippen molar-refractivity contribution in [1.29, 1.82) is 0 Å². The highest BCUT2D eigenvalue weighted by atomic mass is 16.5. The second-order valence-electron chi connectivity index (χ2n) is 6.31. The molecule has 0 aliphatic rings. The lowest BCUT2D eigenvalue weighted by atomic mass is 10.1. The van der Waals surface area contributed by atoms with E-state index in [9.17, 15) is 4.79 Å². The monoisotopic (exact) mass is 360 g/mol. The Morgan fingerprint density at radius 3 is 2.37 bits per heavy atom. The van der Waals surface area contributed by atoms with Gasteiger partial charge in [0.1, 0.15) is 12.4 Å². The SMILES string of the molecule is O=c1c2cccc(COc3ccc(-c4ccccc4)cc3)c2[nH]n1CCO. The number of para-hydroxylation sites is 1. The lowest BCUT2D eigenvalue weighted by Crippen LogP contribution is -2.18. The van der Waals surface area contributed by atoms with E-state index in [1.54, 1.807) is 6.07 Å². The number of hydrogen-bond donors (Lipinski definition) is 2. The molecule has 0 spiro atoms. The molecular weight excluding hydrogens is 340 g/mol. The molecule has 5 heteroatoms. The van der Waals surface area contributed by atoms with Crippen molar-refractivity contribution in [3.8, 4) is 16.9 Å². The van der Waals surface area contributed by atoms with Crippen LogP contribution in [0.3, 0.4) is 0 Å².